The lowest BCUT2D eigenvalue weighted by Gasteiger charge is -1.95. The van der Waals surface area contributed by atoms with Crippen molar-refractivity contribution in [3.63, 3.8) is 0 Å². The largest absolute Gasteiger partial charge is 0.466 e. The molecule has 0 atom stereocenters. The monoisotopic (exact) mass is 142 g/mol. The Morgan fingerprint density at radius 3 is 2.60 bits per heavy atom. The number of methoxy groups -OCH3 is 1. The molecule has 10 heavy (non-hydrogen) atoms. The third-order valence-corrected chi connectivity index (χ3v) is 1.06. The summed E-state index contributed by atoms with van der Waals surface area (Å²) < 4.78 is 4.41. The van der Waals surface area contributed by atoms with E-state index in [4.69, 9.17) is 0 Å². The second-order valence-electron chi connectivity index (χ2n) is 2.56. The Morgan fingerprint density at radius 2 is 2.20 bits per heavy atom. The van der Waals surface area contributed by atoms with E-state index < -0.39 is 0 Å². The molecule has 0 aliphatic carbocycles. The number of hydrogen-bond acceptors (Lipinski definition) is 2. The van der Waals surface area contributed by atoms with Gasteiger partial charge in [-0.25, -0.2) is 4.79 Å². The van der Waals surface area contributed by atoms with Crippen LogP contribution in [0, 0.1) is 5.92 Å². The maximum atomic E-state index is 10.5. The van der Waals surface area contributed by atoms with Crippen molar-refractivity contribution in [2.24, 2.45) is 5.92 Å². The fraction of sp³-hybridized carbons (Fsp3) is 0.625. The lowest BCUT2D eigenvalue weighted by atomic mass is 10.1. The van der Waals surface area contributed by atoms with Crippen molar-refractivity contribution >= 4 is 5.97 Å². The van der Waals surface area contributed by atoms with Crippen LogP contribution in [0.4, 0.5) is 0 Å². The van der Waals surface area contributed by atoms with E-state index in [2.05, 4.69) is 18.6 Å². The number of ether oxygens (including phenoxy) is 1. The van der Waals surface area contributed by atoms with Crippen molar-refractivity contribution in [3.8, 4) is 0 Å². The summed E-state index contributed by atoms with van der Waals surface area (Å²) in [6, 6.07) is 0. The van der Waals surface area contributed by atoms with Crippen LogP contribution in [0.25, 0.3) is 0 Å². The fourth-order valence-corrected chi connectivity index (χ4v) is 0.504. The Morgan fingerprint density at radius 1 is 1.60 bits per heavy atom. The van der Waals surface area contributed by atoms with Gasteiger partial charge in [-0.2, -0.15) is 0 Å². The molecule has 0 aromatic rings. The summed E-state index contributed by atoms with van der Waals surface area (Å²) in [6.45, 7) is 4.20. The van der Waals surface area contributed by atoms with Crippen LogP contribution in [-0.2, 0) is 9.53 Å². The topological polar surface area (TPSA) is 26.3 Å². The predicted octanol–water partition coefficient (Wildman–Crippen LogP) is 1.76. The average Bonchev–Trinajstić information content (AvgIpc) is 1.87. The zero-order chi connectivity index (χ0) is 7.98. The normalized spacial score (nSPS) is 10.8. The minimum atomic E-state index is -0.277. The highest BCUT2D eigenvalue weighted by atomic mass is 16.5. The van der Waals surface area contributed by atoms with E-state index >= 15 is 0 Å². The third-order valence-electron chi connectivity index (χ3n) is 1.06. The van der Waals surface area contributed by atoms with Crippen LogP contribution in [0.15, 0.2) is 12.2 Å². The molecule has 0 fully saturated rings. The summed E-state index contributed by atoms with van der Waals surface area (Å²) in [5.41, 5.74) is 0. The number of hydrogen-bond donors (Lipinski definition) is 0. The van der Waals surface area contributed by atoms with Crippen molar-refractivity contribution in [1.29, 1.82) is 0 Å². The number of allylic oxidation sites excluding steroid dienone is 1. The van der Waals surface area contributed by atoms with Gasteiger partial charge in [0.25, 0.3) is 0 Å². The summed E-state index contributed by atoms with van der Waals surface area (Å²) in [5, 5.41) is 0. The smallest absolute Gasteiger partial charge is 0.330 e. The van der Waals surface area contributed by atoms with E-state index in [9.17, 15) is 4.79 Å². The van der Waals surface area contributed by atoms with Gasteiger partial charge in [0.1, 0.15) is 0 Å². The molecule has 0 rings (SSSR count). The average molecular weight is 142 g/mol. The molecule has 0 aromatic carbocycles. The van der Waals surface area contributed by atoms with E-state index in [-0.39, 0.29) is 5.97 Å². The highest BCUT2D eigenvalue weighted by Crippen LogP contribution is 1.99. The molecule has 0 radical (unpaired) electrons. The second-order valence-corrected chi connectivity index (χ2v) is 2.56. The molecule has 0 spiro atoms. The van der Waals surface area contributed by atoms with Crippen LogP contribution < -0.4 is 0 Å². The quantitative estimate of drug-likeness (QED) is 0.443. The highest BCUT2D eigenvalue weighted by Gasteiger charge is 1.91. The SMILES string of the molecule is COC(=O)/C=C\CC(C)C. The molecule has 0 saturated carbocycles. The van der Waals surface area contributed by atoms with Crippen molar-refractivity contribution < 1.29 is 9.53 Å². The van der Waals surface area contributed by atoms with Gasteiger partial charge in [0.15, 0.2) is 0 Å². The van der Waals surface area contributed by atoms with Gasteiger partial charge in [0.05, 0.1) is 7.11 Å². The summed E-state index contributed by atoms with van der Waals surface area (Å²) in [4.78, 5) is 10.5. The van der Waals surface area contributed by atoms with Gasteiger partial charge in [-0.3, -0.25) is 0 Å². The van der Waals surface area contributed by atoms with Crippen molar-refractivity contribution in [1.82, 2.24) is 0 Å². The predicted molar refractivity (Wildman–Crippen MR) is 40.6 cm³/mol. The van der Waals surface area contributed by atoms with Gasteiger partial charge < -0.3 is 4.74 Å². The van der Waals surface area contributed by atoms with Crippen molar-refractivity contribution in [2.75, 3.05) is 7.11 Å². The maximum absolute atomic E-state index is 10.5. The van der Waals surface area contributed by atoms with E-state index in [0.717, 1.165) is 6.42 Å². The van der Waals surface area contributed by atoms with Crippen LogP contribution in [0.3, 0.4) is 0 Å². The van der Waals surface area contributed by atoms with Crippen LogP contribution in [0.1, 0.15) is 20.3 Å². The standard InChI is InChI=1S/C8H14O2/c1-7(2)5-4-6-8(9)10-3/h4,6-7H,5H2,1-3H3/b6-4-. The van der Waals surface area contributed by atoms with Crippen LogP contribution in [0.2, 0.25) is 0 Å². The van der Waals surface area contributed by atoms with Gasteiger partial charge in [0, 0.05) is 6.08 Å². The number of carbonyl (C=O) groups excluding carboxylic acids is 1. The first-order valence-corrected chi connectivity index (χ1v) is 3.41. The first-order valence-electron chi connectivity index (χ1n) is 3.41. The Labute approximate surface area is 61.9 Å². The molecule has 0 aliphatic rings. The Hall–Kier alpha value is -0.790. The highest BCUT2D eigenvalue weighted by molar-refractivity contribution is 5.81. The molecule has 58 valence electrons. The molecule has 0 unspecified atom stereocenters. The Balaban J connectivity index is 3.46. The van der Waals surface area contributed by atoms with Crippen LogP contribution in [-0.4, -0.2) is 13.1 Å². The third kappa shape index (κ3) is 5.35. The fourth-order valence-electron chi connectivity index (χ4n) is 0.504. The molecular weight excluding hydrogens is 128 g/mol. The molecule has 0 bridgehead atoms. The van der Waals surface area contributed by atoms with Gasteiger partial charge in [-0.1, -0.05) is 19.9 Å². The van der Waals surface area contributed by atoms with E-state index in [1.807, 2.05) is 6.08 Å². The summed E-state index contributed by atoms with van der Waals surface area (Å²) in [6.07, 6.45) is 4.21. The van der Waals surface area contributed by atoms with Gasteiger partial charge in [-0.05, 0) is 12.3 Å². The Kier molecular flexibility index (Phi) is 4.63. The van der Waals surface area contributed by atoms with Crippen molar-refractivity contribution in [2.45, 2.75) is 20.3 Å². The zero-order valence-electron chi connectivity index (χ0n) is 6.76. The molecule has 2 nitrogen and oxygen atoms in total. The summed E-state index contributed by atoms with van der Waals surface area (Å²) in [7, 11) is 1.38. The van der Waals surface area contributed by atoms with Gasteiger partial charge >= 0.3 is 5.97 Å². The van der Waals surface area contributed by atoms with E-state index in [1.165, 1.54) is 13.2 Å². The minimum Gasteiger partial charge on any atom is -0.466 e. The van der Waals surface area contributed by atoms with Crippen molar-refractivity contribution in [3.05, 3.63) is 12.2 Å². The first kappa shape index (κ1) is 9.21. The summed E-state index contributed by atoms with van der Waals surface area (Å²) in [5.74, 6) is 0.321. The lowest BCUT2D eigenvalue weighted by Crippen LogP contribution is -1.94. The van der Waals surface area contributed by atoms with Crippen LogP contribution >= 0.6 is 0 Å². The second kappa shape index (κ2) is 5.03. The lowest BCUT2D eigenvalue weighted by molar-refractivity contribution is -0.134. The molecule has 0 heterocycles. The van der Waals surface area contributed by atoms with Crippen LogP contribution in [0.5, 0.6) is 0 Å². The molecule has 0 N–H and O–H groups in total. The van der Waals surface area contributed by atoms with E-state index in [0.29, 0.717) is 5.92 Å². The number of rotatable bonds is 3. The van der Waals surface area contributed by atoms with Gasteiger partial charge in [0.2, 0.25) is 0 Å². The molecule has 0 amide bonds. The summed E-state index contributed by atoms with van der Waals surface area (Å²) >= 11 is 0. The zero-order valence-corrected chi connectivity index (χ0v) is 6.76. The number of carbonyl (C=O) groups is 1. The number of esters is 1. The first-order chi connectivity index (χ1) is 4.66. The van der Waals surface area contributed by atoms with Gasteiger partial charge in [-0.15, -0.1) is 0 Å². The maximum Gasteiger partial charge on any atom is 0.330 e. The molecular formula is C8H14O2. The minimum absolute atomic E-state index is 0.277. The molecule has 0 saturated heterocycles. The molecule has 2 heteroatoms. The van der Waals surface area contributed by atoms with E-state index in [1.54, 1.807) is 0 Å². The molecule has 0 aromatic heterocycles. The molecule has 0 aliphatic heterocycles. The Bertz CT molecular complexity index is 125.